The van der Waals surface area contributed by atoms with Crippen molar-refractivity contribution < 1.29 is 18.7 Å². The molecule has 7 heteroatoms. The number of amides is 1. The molecule has 1 aromatic carbocycles. The summed E-state index contributed by atoms with van der Waals surface area (Å²) in [4.78, 5) is 11.8. The van der Waals surface area contributed by atoms with E-state index in [2.05, 4.69) is 15.5 Å². The van der Waals surface area contributed by atoms with E-state index in [-0.39, 0.29) is 19.1 Å². The Kier molecular flexibility index (Phi) is 3.24. The summed E-state index contributed by atoms with van der Waals surface area (Å²) in [6.07, 6.45) is 0.688. The average Bonchev–Trinajstić information content (AvgIpc) is 3.04. The van der Waals surface area contributed by atoms with E-state index in [1.807, 2.05) is 0 Å². The van der Waals surface area contributed by atoms with E-state index in [4.69, 9.17) is 13.9 Å². The number of fused-ring (bicyclic) bond motifs is 1. The Bertz CT molecular complexity index is 638. The molecule has 1 amide bonds. The molecule has 1 aliphatic heterocycles. The third-order valence-electron chi connectivity index (χ3n) is 2.79. The second-order valence-electron chi connectivity index (χ2n) is 4.33. The molecule has 104 valence electrons. The second-order valence-corrected chi connectivity index (χ2v) is 4.33. The summed E-state index contributed by atoms with van der Waals surface area (Å²) < 4.78 is 15.7. The lowest BCUT2D eigenvalue weighted by Crippen LogP contribution is -2.12. The number of anilines is 1. The van der Waals surface area contributed by atoms with Gasteiger partial charge in [0.2, 0.25) is 24.5 Å². The van der Waals surface area contributed by atoms with Gasteiger partial charge in [0.15, 0.2) is 11.5 Å². The predicted octanol–water partition coefficient (Wildman–Crippen LogP) is 1.68. The number of hydrogen-bond acceptors (Lipinski definition) is 6. The summed E-state index contributed by atoms with van der Waals surface area (Å²) in [5, 5.41) is 10.3. The number of aromatic nitrogens is 2. The van der Waals surface area contributed by atoms with E-state index < -0.39 is 0 Å². The van der Waals surface area contributed by atoms with Crippen molar-refractivity contribution >= 4 is 11.6 Å². The molecule has 0 unspecified atom stereocenters. The van der Waals surface area contributed by atoms with E-state index in [0.717, 1.165) is 0 Å². The Labute approximate surface area is 114 Å². The molecule has 0 saturated carbocycles. The average molecular weight is 275 g/mol. The highest BCUT2D eigenvalue weighted by Crippen LogP contribution is 2.34. The zero-order valence-electron chi connectivity index (χ0n) is 10.9. The van der Waals surface area contributed by atoms with Crippen molar-refractivity contribution in [1.82, 2.24) is 10.2 Å². The first-order valence-electron chi connectivity index (χ1n) is 6.19. The first-order valence-corrected chi connectivity index (χ1v) is 6.19. The number of nitrogens with zero attached hydrogens (tertiary/aromatic N) is 2. The number of rotatable bonds is 4. The van der Waals surface area contributed by atoms with Crippen LogP contribution in [0.3, 0.4) is 0 Å². The van der Waals surface area contributed by atoms with Crippen molar-refractivity contribution in [2.45, 2.75) is 19.8 Å². The largest absolute Gasteiger partial charge is 0.454 e. The standard InChI is InChI=1S/C13H13N3O4/c1-8-15-16-13(20-8)5-4-12(17)14-9-2-3-10-11(6-9)19-7-18-10/h2-3,6H,4-5,7H2,1H3,(H,14,17). The molecule has 1 N–H and O–H groups in total. The van der Waals surface area contributed by atoms with E-state index in [1.165, 1.54) is 0 Å². The normalized spacial score (nSPS) is 12.4. The van der Waals surface area contributed by atoms with Crippen LogP contribution in [0.1, 0.15) is 18.2 Å². The van der Waals surface area contributed by atoms with Crippen LogP contribution in [0.2, 0.25) is 0 Å². The van der Waals surface area contributed by atoms with E-state index in [0.29, 0.717) is 35.4 Å². The van der Waals surface area contributed by atoms with Crippen molar-refractivity contribution in [3.8, 4) is 11.5 Å². The van der Waals surface area contributed by atoms with Gasteiger partial charge in [-0.05, 0) is 12.1 Å². The fourth-order valence-electron chi connectivity index (χ4n) is 1.86. The number of benzene rings is 1. The first-order chi connectivity index (χ1) is 9.70. The number of ether oxygens (including phenoxy) is 2. The summed E-state index contributed by atoms with van der Waals surface area (Å²) in [5.74, 6) is 2.15. The number of aryl methyl sites for hydroxylation is 2. The fraction of sp³-hybridized carbons (Fsp3) is 0.308. The molecule has 2 aromatic rings. The van der Waals surface area contributed by atoms with Crippen LogP contribution < -0.4 is 14.8 Å². The van der Waals surface area contributed by atoms with Crippen LogP contribution in [0.25, 0.3) is 0 Å². The van der Waals surface area contributed by atoms with Crippen molar-refractivity contribution in [3.63, 3.8) is 0 Å². The Balaban J connectivity index is 1.56. The van der Waals surface area contributed by atoms with Gasteiger partial charge in [0.25, 0.3) is 0 Å². The Morgan fingerprint density at radius 2 is 2.15 bits per heavy atom. The number of hydrogen-bond donors (Lipinski definition) is 1. The zero-order chi connectivity index (χ0) is 13.9. The topological polar surface area (TPSA) is 86.5 Å². The molecule has 1 aromatic heterocycles. The second kappa shape index (κ2) is 5.20. The maximum atomic E-state index is 11.8. The quantitative estimate of drug-likeness (QED) is 0.913. The number of nitrogens with one attached hydrogen (secondary N) is 1. The van der Waals surface area contributed by atoms with Crippen LogP contribution in [0.4, 0.5) is 5.69 Å². The minimum atomic E-state index is -0.125. The molecule has 0 bridgehead atoms. The van der Waals surface area contributed by atoms with Crippen molar-refractivity contribution in [2.24, 2.45) is 0 Å². The summed E-state index contributed by atoms with van der Waals surface area (Å²) in [5.41, 5.74) is 0.668. The van der Waals surface area contributed by atoms with Gasteiger partial charge in [-0.15, -0.1) is 10.2 Å². The minimum Gasteiger partial charge on any atom is -0.454 e. The van der Waals surface area contributed by atoms with Crippen LogP contribution in [0.5, 0.6) is 11.5 Å². The van der Waals surface area contributed by atoms with Crippen LogP contribution in [0.15, 0.2) is 22.6 Å². The fourth-order valence-corrected chi connectivity index (χ4v) is 1.86. The highest BCUT2D eigenvalue weighted by atomic mass is 16.7. The van der Waals surface area contributed by atoms with Crippen LogP contribution in [-0.4, -0.2) is 22.9 Å². The molecule has 1 aliphatic rings. The summed E-state index contributed by atoms with van der Waals surface area (Å²) in [7, 11) is 0. The molecule has 0 fully saturated rings. The lowest BCUT2D eigenvalue weighted by atomic mass is 10.2. The van der Waals surface area contributed by atoms with E-state index >= 15 is 0 Å². The molecular formula is C13H13N3O4. The van der Waals surface area contributed by atoms with Gasteiger partial charge < -0.3 is 19.2 Å². The molecule has 7 nitrogen and oxygen atoms in total. The van der Waals surface area contributed by atoms with Crippen molar-refractivity contribution in [1.29, 1.82) is 0 Å². The zero-order valence-corrected chi connectivity index (χ0v) is 10.9. The molecule has 0 radical (unpaired) electrons. The van der Waals surface area contributed by atoms with Crippen LogP contribution in [0, 0.1) is 6.92 Å². The molecule has 0 spiro atoms. The third kappa shape index (κ3) is 2.71. The van der Waals surface area contributed by atoms with Gasteiger partial charge in [0.1, 0.15) is 0 Å². The van der Waals surface area contributed by atoms with Gasteiger partial charge in [-0.2, -0.15) is 0 Å². The van der Waals surface area contributed by atoms with Crippen LogP contribution >= 0.6 is 0 Å². The monoisotopic (exact) mass is 275 g/mol. The molecular weight excluding hydrogens is 262 g/mol. The molecule has 2 heterocycles. The van der Waals surface area contributed by atoms with Gasteiger partial charge in [0.05, 0.1) is 0 Å². The summed E-state index contributed by atoms with van der Waals surface area (Å²) in [6, 6.07) is 5.26. The Hall–Kier alpha value is -2.57. The number of carbonyl (C=O) groups is 1. The summed E-state index contributed by atoms with van der Waals surface area (Å²) in [6.45, 7) is 1.92. The van der Waals surface area contributed by atoms with Crippen molar-refractivity contribution in [2.75, 3.05) is 12.1 Å². The van der Waals surface area contributed by atoms with Gasteiger partial charge in [0, 0.05) is 31.5 Å². The van der Waals surface area contributed by atoms with Crippen LogP contribution in [-0.2, 0) is 11.2 Å². The smallest absolute Gasteiger partial charge is 0.231 e. The number of carbonyl (C=O) groups excluding carboxylic acids is 1. The lowest BCUT2D eigenvalue weighted by molar-refractivity contribution is -0.116. The third-order valence-corrected chi connectivity index (χ3v) is 2.79. The van der Waals surface area contributed by atoms with Gasteiger partial charge >= 0.3 is 0 Å². The van der Waals surface area contributed by atoms with Gasteiger partial charge in [-0.25, -0.2) is 0 Å². The SMILES string of the molecule is Cc1nnc(CCC(=O)Nc2ccc3c(c2)OCO3)o1. The maximum Gasteiger partial charge on any atom is 0.231 e. The highest BCUT2D eigenvalue weighted by molar-refractivity contribution is 5.91. The molecule has 0 atom stereocenters. The Morgan fingerprint density at radius 1 is 1.30 bits per heavy atom. The predicted molar refractivity (Wildman–Crippen MR) is 68.6 cm³/mol. The molecule has 0 aliphatic carbocycles. The van der Waals surface area contributed by atoms with E-state index in [1.54, 1.807) is 25.1 Å². The first kappa shape index (κ1) is 12.5. The summed E-state index contributed by atoms with van der Waals surface area (Å²) >= 11 is 0. The Morgan fingerprint density at radius 3 is 2.95 bits per heavy atom. The lowest BCUT2D eigenvalue weighted by Gasteiger charge is -2.05. The van der Waals surface area contributed by atoms with Gasteiger partial charge in [-0.1, -0.05) is 0 Å². The molecule has 0 saturated heterocycles. The molecule has 3 rings (SSSR count). The minimum absolute atomic E-state index is 0.125. The highest BCUT2D eigenvalue weighted by Gasteiger charge is 2.14. The van der Waals surface area contributed by atoms with Gasteiger partial charge in [-0.3, -0.25) is 4.79 Å². The van der Waals surface area contributed by atoms with Crippen molar-refractivity contribution in [3.05, 3.63) is 30.0 Å². The van der Waals surface area contributed by atoms with E-state index in [9.17, 15) is 4.79 Å². The molecule has 20 heavy (non-hydrogen) atoms. The maximum absolute atomic E-state index is 11.8.